The van der Waals surface area contributed by atoms with Gasteiger partial charge >= 0.3 is 6.18 Å². The molecule has 0 spiro atoms. The van der Waals surface area contributed by atoms with Crippen molar-refractivity contribution < 1.29 is 35.9 Å². The third-order valence-corrected chi connectivity index (χ3v) is 14.2. The van der Waals surface area contributed by atoms with Crippen LogP contribution in [0.3, 0.4) is 0 Å². The fourth-order valence-electron chi connectivity index (χ4n) is 9.11. The molecule has 65 heavy (non-hydrogen) atoms. The first-order chi connectivity index (χ1) is 31.0. The molecule has 346 valence electrons. The molecule has 2 fully saturated rings. The number of amides is 1. The van der Waals surface area contributed by atoms with E-state index in [0.29, 0.717) is 55.5 Å². The maximum atomic E-state index is 13.9. The van der Waals surface area contributed by atoms with Crippen LogP contribution in [-0.4, -0.2) is 106 Å². The molecular formula is C48H57F3N8O5S. The lowest BCUT2D eigenvalue weighted by Crippen LogP contribution is -2.48. The number of ether oxygens (including phenoxy) is 2. The second-order valence-electron chi connectivity index (χ2n) is 18.0. The number of aryl methyl sites for hydroxylation is 1. The van der Waals surface area contributed by atoms with Crippen LogP contribution in [0.1, 0.15) is 67.1 Å². The molecule has 4 heterocycles. The van der Waals surface area contributed by atoms with E-state index in [1.807, 2.05) is 6.07 Å². The zero-order valence-corrected chi connectivity index (χ0v) is 38.0. The number of benzene rings is 3. The Labute approximate surface area is 378 Å². The average molecular weight is 915 g/mol. The van der Waals surface area contributed by atoms with Crippen LogP contribution in [0.25, 0.3) is 16.6 Å². The minimum Gasteiger partial charge on any atom is -0.455 e. The van der Waals surface area contributed by atoms with Gasteiger partial charge in [-0.1, -0.05) is 32.4 Å². The number of aromatic amines is 1. The summed E-state index contributed by atoms with van der Waals surface area (Å²) in [7, 11) is -4.37. The number of rotatable bonds is 13. The summed E-state index contributed by atoms with van der Waals surface area (Å²) < 4.78 is 82.3. The number of sulfonamides is 1. The Kier molecular flexibility index (Phi) is 13.2. The topological polar surface area (TPSA) is 158 Å². The predicted octanol–water partition coefficient (Wildman–Crippen LogP) is 8.30. The van der Waals surface area contributed by atoms with Crippen LogP contribution < -0.4 is 25.4 Å². The molecule has 17 heteroatoms. The molecule has 1 aliphatic carbocycles. The van der Waals surface area contributed by atoms with Gasteiger partial charge in [-0.05, 0) is 109 Å². The number of carbonyl (C=O) groups excluding carboxylic acids is 1. The summed E-state index contributed by atoms with van der Waals surface area (Å²) in [5.41, 5.74) is 11.9. The van der Waals surface area contributed by atoms with Crippen molar-refractivity contribution in [2.75, 3.05) is 81.5 Å². The lowest BCUT2D eigenvalue weighted by atomic mass is 9.72. The highest BCUT2D eigenvalue weighted by molar-refractivity contribution is 7.90. The molecule has 3 aromatic carbocycles. The Morgan fingerprint density at radius 2 is 1.83 bits per heavy atom. The fourth-order valence-corrected chi connectivity index (χ4v) is 10.1. The Balaban J connectivity index is 0.986. The molecule has 2 aliphatic heterocycles. The molecule has 8 rings (SSSR count). The zero-order valence-electron chi connectivity index (χ0n) is 37.2. The first kappa shape index (κ1) is 45.9. The van der Waals surface area contributed by atoms with Gasteiger partial charge in [-0.25, -0.2) is 18.1 Å². The largest absolute Gasteiger partial charge is 0.455 e. The van der Waals surface area contributed by atoms with Crippen molar-refractivity contribution in [1.82, 2.24) is 24.5 Å². The fraction of sp³-hybridized carbons (Fsp3) is 0.417. The number of carbonyl (C=O) groups is 1. The summed E-state index contributed by atoms with van der Waals surface area (Å²) in [6.07, 6.45) is 1.55. The molecule has 1 amide bonds. The van der Waals surface area contributed by atoms with Gasteiger partial charge in [0.2, 0.25) is 0 Å². The van der Waals surface area contributed by atoms with Crippen LogP contribution in [-0.2, 0) is 20.9 Å². The van der Waals surface area contributed by atoms with E-state index in [1.54, 1.807) is 49.5 Å². The van der Waals surface area contributed by atoms with Crippen molar-refractivity contribution in [2.24, 2.45) is 5.41 Å². The first-order valence-electron chi connectivity index (χ1n) is 22.1. The maximum Gasteiger partial charge on any atom is 0.416 e. The molecule has 3 aliphatic rings. The molecule has 2 saturated heterocycles. The van der Waals surface area contributed by atoms with Gasteiger partial charge in [0.05, 0.1) is 52.8 Å². The number of nitrogens with one attached hydrogen (secondary N) is 3. The Bertz CT molecular complexity index is 2690. The van der Waals surface area contributed by atoms with Crippen molar-refractivity contribution >= 4 is 49.6 Å². The molecule has 13 nitrogen and oxygen atoms in total. The van der Waals surface area contributed by atoms with E-state index < -0.39 is 27.7 Å². The molecule has 1 unspecified atom stereocenters. The highest BCUT2D eigenvalue weighted by Crippen LogP contribution is 2.45. The van der Waals surface area contributed by atoms with Crippen LogP contribution in [0, 0.1) is 12.3 Å². The molecule has 5 N–H and O–H groups in total. The van der Waals surface area contributed by atoms with Crippen LogP contribution in [0.5, 0.6) is 11.5 Å². The molecule has 5 aromatic rings. The number of nitrogens with zero attached hydrogens (tertiary/aromatic N) is 4. The summed E-state index contributed by atoms with van der Waals surface area (Å²) in [5.74, 6) is -0.378. The van der Waals surface area contributed by atoms with Gasteiger partial charge in [-0.3, -0.25) is 14.6 Å². The Hall–Kier alpha value is -5.62. The van der Waals surface area contributed by atoms with Crippen LogP contribution in [0.2, 0.25) is 0 Å². The summed E-state index contributed by atoms with van der Waals surface area (Å²) in [6.45, 7) is 15.3. The van der Waals surface area contributed by atoms with E-state index in [0.717, 1.165) is 74.2 Å². The number of nitrogens with two attached hydrogens (primary N) is 1. The summed E-state index contributed by atoms with van der Waals surface area (Å²) >= 11 is 0. The normalized spacial score (nSPS) is 18.8. The van der Waals surface area contributed by atoms with Gasteiger partial charge in [0.25, 0.3) is 15.9 Å². The second-order valence-corrected chi connectivity index (χ2v) is 19.7. The molecule has 0 bridgehead atoms. The highest BCUT2D eigenvalue weighted by atomic mass is 32.2. The number of hydrogen-bond acceptors (Lipinski definition) is 11. The zero-order chi connectivity index (χ0) is 46.1. The Morgan fingerprint density at radius 3 is 2.57 bits per heavy atom. The number of likely N-dealkylation sites (N-methyl/N-ethyl adjacent to an activating group) is 1. The van der Waals surface area contributed by atoms with Gasteiger partial charge < -0.3 is 30.4 Å². The number of morpholine rings is 1. The maximum absolute atomic E-state index is 13.9. The molecule has 2 aromatic heterocycles. The molecular weight excluding hydrogens is 858 g/mol. The van der Waals surface area contributed by atoms with Gasteiger partial charge in [0.15, 0.2) is 0 Å². The summed E-state index contributed by atoms with van der Waals surface area (Å²) in [5, 5.41) is 4.11. The summed E-state index contributed by atoms with van der Waals surface area (Å²) in [6, 6.07) is 17.3. The first-order valence-corrected chi connectivity index (χ1v) is 23.6. The number of halogens is 3. The number of fused-ring (bicyclic) bond motifs is 1. The quantitative estimate of drug-likeness (QED) is 0.0843. The van der Waals surface area contributed by atoms with Gasteiger partial charge in [0.1, 0.15) is 17.1 Å². The predicted molar refractivity (Wildman–Crippen MR) is 248 cm³/mol. The lowest BCUT2D eigenvalue weighted by Gasteiger charge is -2.39. The number of H-pyrrole nitrogens is 1. The third-order valence-electron chi connectivity index (χ3n) is 12.9. The number of nitrogen functional groups attached to an aromatic ring is 1. The number of allylic oxidation sites excluding steroid dienone is 1. The number of piperazine rings is 1. The number of pyridine rings is 1. The van der Waals surface area contributed by atoms with Gasteiger partial charge in [-0.15, -0.1) is 0 Å². The van der Waals surface area contributed by atoms with Crippen molar-refractivity contribution in [3.05, 3.63) is 107 Å². The van der Waals surface area contributed by atoms with Crippen molar-refractivity contribution in [1.29, 1.82) is 0 Å². The van der Waals surface area contributed by atoms with Crippen molar-refractivity contribution in [2.45, 2.75) is 64.1 Å². The van der Waals surface area contributed by atoms with E-state index in [1.165, 1.54) is 36.0 Å². The molecule has 0 radical (unpaired) electrons. The van der Waals surface area contributed by atoms with Crippen LogP contribution in [0.4, 0.5) is 30.2 Å². The standard InChI is InChI=1S/C48H57F3N8O5S/c1-5-58-20-21-63-30-36(58)27-54-43-11-8-38(25-42(43)52)65(61,62)56-46(60)40-10-7-35(24-44(40)64-37-23-32-13-15-53-45(32)55-28-37)59-18-16-57(17-19-59)29-33-12-14-47(3,4)26-41(33)39-9-6-34(22-31(39)2)48(49,50)51/h6-11,13,15,22-25,28,36,54H,5,12,14,16-21,26-27,29-30,52H2,1-4H3,(H,53,55)(H,56,60). The van der Waals surface area contributed by atoms with E-state index in [2.05, 4.69) is 55.5 Å². The average Bonchev–Trinajstić information content (AvgIpc) is 3.74. The summed E-state index contributed by atoms with van der Waals surface area (Å²) in [4.78, 5) is 28.1. The van der Waals surface area contributed by atoms with Crippen molar-refractivity contribution in [3.8, 4) is 11.5 Å². The van der Waals surface area contributed by atoms with Crippen LogP contribution >= 0.6 is 0 Å². The van der Waals surface area contributed by atoms with Crippen molar-refractivity contribution in [3.63, 3.8) is 0 Å². The van der Waals surface area contributed by atoms with E-state index in [-0.39, 0.29) is 33.4 Å². The number of alkyl halides is 3. The van der Waals surface area contributed by atoms with Crippen LogP contribution in [0.15, 0.2) is 89.6 Å². The highest BCUT2D eigenvalue weighted by Gasteiger charge is 2.34. The Morgan fingerprint density at radius 1 is 1.03 bits per heavy atom. The minimum absolute atomic E-state index is 0.00446. The second kappa shape index (κ2) is 18.7. The van der Waals surface area contributed by atoms with Gasteiger partial charge in [-0.2, -0.15) is 13.2 Å². The SMILES string of the molecule is CCN1CCOCC1CNc1ccc(S(=O)(=O)NC(=O)c2ccc(N3CCN(CC4=C(c5ccc(C(F)(F)F)cc5C)CC(C)(C)CC4)CC3)cc2Oc2cnc3[nH]ccc3c2)cc1N. The number of hydrogen-bond donors (Lipinski definition) is 4. The number of aromatic nitrogens is 2. The van der Waals surface area contributed by atoms with E-state index in [4.69, 9.17) is 15.2 Å². The smallest absolute Gasteiger partial charge is 0.416 e. The van der Waals surface area contributed by atoms with E-state index in [9.17, 15) is 26.4 Å². The number of anilines is 3. The lowest BCUT2D eigenvalue weighted by molar-refractivity contribution is -0.137. The third kappa shape index (κ3) is 10.6. The molecule has 0 saturated carbocycles. The van der Waals surface area contributed by atoms with Gasteiger partial charge in [0, 0.05) is 69.2 Å². The van der Waals surface area contributed by atoms with E-state index >= 15 is 0 Å². The molecule has 1 atom stereocenters. The minimum atomic E-state index is -4.40. The monoisotopic (exact) mass is 914 g/mol.